The topological polar surface area (TPSA) is 154 Å². The van der Waals surface area contributed by atoms with Gasteiger partial charge in [0.15, 0.2) is 11.6 Å². The summed E-state index contributed by atoms with van der Waals surface area (Å²) >= 11 is 2.60. The number of methoxy groups -OCH3 is 4. The average Bonchev–Trinajstić information content (AvgIpc) is 3.93. The molecule has 2 aromatic carbocycles. The van der Waals surface area contributed by atoms with Gasteiger partial charge in [0.2, 0.25) is 11.8 Å². The van der Waals surface area contributed by atoms with Crippen LogP contribution in [0.2, 0.25) is 0 Å². The van der Waals surface area contributed by atoms with E-state index in [2.05, 4.69) is 34.9 Å². The Bertz CT molecular complexity index is 2110. The first-order valence-electron chi connectivity index (χ1n) is 25.7. The van der Waals surface area contributed by atoms with Crippen LogP contribution in [0.5, 0.6) is 11.5 Å². The van der Waals surface area contributed by atoms with E-state index >= 15 is 0 Å². The Balaban J connectivity index is 0.000000211. The van der Waals surface area contributed by atoms with Gasteiger partial charge in [-0.15, -0.1) is 0 Å². The highest BCUT2D eigenvalue weighted by molar-refractivity contribution is 8.14. The number of thioether (sulfide) groups is 2. The van der Waals surface area contributed by atoms with Crippen molar-refractivity contribution < 1.29 is 47.6 Å². The molecule has 2 N–H and O–H groups in total. The smallest absolute Gasteiger partial charge is 0.282 e. The molecule has 14 nitrogen and oxygen atoms in total. The summed E-state index contributed by atoms with van der Waals surface area (Å²) in [5, 5.41) is 6.47. The fourth-order valence-corrected chi connectivity index (χ4v) is 12.9. The van der Waals surface area contributed by atoms with Gasteiger partial charge in [-0.05, 0) is 126 Å². The van der Waals surface area contributed by atoms with Crippen LogP contribution in [0.3, 0.4) is 0 Å². The summed E-state index contributed by atoms with van der Waals surface area (Å²) < 4.78 is 36.3. The van der Waals surface area contributed by atoms with E-state index in [4.69, 9.17) is 28.4 Å². The molecule has 0 aliphatic carbocycles. The maximum atomic E-state index is 13.0. The van der Waals surface area contributed by atoms with Crippen LogP contribution in [0.1, 0.15) is 115 Å². The number of amides is 4. The molecule has 0 spiro atoms. The Morgan fingerprint density at radius 3 is 1.35 bits per heavy atom. The van der Waals surface area contributed by atoms with Gasteiger partial charge < -0.3 is 48.9 Å². The van der Waals surface area contributed by atoms with Crippen molar-refractivity contribution in [3.63, 3.8) is 0 Å². The normalized spacial score (nSPS) is 32.2. The number of fused-ring (bicyclic) bond motifs is 4. The zero-order valence-corrected chi connectivity index (χ0v) is 44.7. The molecule has 4 saturated heterocycles. The van der Waals surface area contributed by atoms with Gasteiger partial charge in [0.05, 0.1) is 38.5 Å². The molecule has 6 heterocycles. The molecule has 4 bridgehead atoms. The molecule has 8 rings (SSSR count). The van der Waals surface area contributed by atoms with E-state index in [1.165, 1.54) is 23.5 Å². The van der Waals surface area contributed by atoms with Gasteiger partial charge in [0.25, 0.3) is 10.5 Å². The third-order valence-corrected chi connectivity index (χ3v) is 16.5. The summed E-state index contributed by atoms with van der Waals surface area (Å²) in [7, 11) is 6.59. The minimum absolute atomic E-state index is 0.0180. The SMILES string of the molecule is COc1ccc(CN2C(=O)SC[C@H]2[C@@]2(OC)C[C@H]3C[C@@H](CCC/C=C/CC/C(C)=C\C(=O)N3)O2)cc1.COc1ccc(CN2C(=O)SC[C@H]2[C@@]2(OC)C[C@H]3C[C@@H](CCC/C=C\CC/C(C)=C\C(=O)N3)O2)cc1. The van der Waals surface area contributed by atoms with Gasteiger partial charge in [0, 0.05) is 75.9 Å². The van der Waals surface area contributed by atoms with Crippen LogP contribution in [0, 0.1) is 0 Å². The average molecular weight is 1030 g/mol. The largest absolute Gasteiger partial charge is 0.497 e. The van der Waals surface area contributed by atoms with Crippen molar-refractivity contribution in [1.82, 2.24) is 20.4 Å². The second-order valence-corrected chi connectivity index (χ2v) is 21.7. The number of rotatable bonds is 10. The first kappa shape index (κ1) is 55.2. The highest BCUT2D eigenvalue weighted by Gasteiger charge is 2.55. The Morgan fingerprint density at radius 1 is 0.583 bits per heavy atom. The monoisotopic (exact) mass is 1030 g/mol. The summed E-state index contributed by atoms with van der Waals surface area (Å²) in [5.41, 5.74) is 4.17. The second kappa shape index (κ2) is 26.6. The number of nitrogens with zero attached hydrogens (tertiary/aromatic N) is 2. The molecular weight excluding hydrogens is 953 g/mol. The number of nitrogens with one attached hydrogen (secondary N) is 2. The van der Waals surface area contributed by atoms with Crippen LogP contribution in [-0.2, 0) is 41.6 Å². The molecule has 0 unspecified atom stereocenters. The summed E-state index contributed by atoms with van der Waals surface area (Å²) in [6.45, 7) is 4.93. The third kappa shape index (κ3) is 14.8. The molecule has 0 radical (unpaired) electrons. The van der Waals surface area contributed by atoms with E-state index in [9.17, 15) is 19.2 Å². The quantitative estimate of drug-likeness (QED) is 0.218. The van der Waals surface area contributed by atoms with Crippen LogP contribution >= 0.6 is 23.5 Å². The van der Waals surface area contributed by atoms with Gasteiger partial charge in [-0.2, -0.15) is 0 Å². The Morgan fingerprint density at radius 2 is 0.972 bits per heavy atom. The molecule has 0 saturated carbocycles. The van der Waals surface area contributed by atoms with Crippen LogP contribution in [0.4, 0.5) is 9.59 Å². The van der Waals surface area contributed by atoms with E-state index in [0.717, 1.165) is 111 Å². The lowest BCUT2D eigenvalue weighted by atomic mass is 9.89. The van der Waals surface area contributed by atoms with Crippen molar-refractivity contribution in [2.45, 2.75) is 165 Å². The second-order valence-electron chi connectivity index (χ2n) is 19.8. The molecule has 4 amide bonds. The molecule has 16 heteroatoms. The fraction of sp³-hybridized carbons (Fsp3) is 0.571. The lowest BCUT2D eigenvalue weighted by molar-refractivity contribution is -0.294. The highest BCUT2D eigenvalue weighted by atomic mass is 32.2. The molecule has 8 atom stereocenters. The predicted octanol–water partition coefficient (Wildman–Crippen LogP) is 10.4. The zero-order valence-electron chi connectivity index (χ0n) is 43.1. The van der Waals surface area contributed by atoms with E-state index in [0.29, 0.717) is 37.4 Å². The van der Waals surface area contributed by atoms with Crippen molar-refractivity contribution in [1.29, 1.82) is 0 Å². The molecule has 0 aromatic heterocycles. The lowest BCUT2D eigenvalue weighted by Gasteiger charge is -2.48. The molecule has 392 valence electrons. The number of carbonyl (C=O) groups excluding carboxylic acids is 4. The van der Waals surface area contributed by atoms with Gasteiger partial charge in [0.1, 0.15) is 11.5 Å². The van der Waals surface area contributed by atoms with Crippen molar-refractivity contribution in [3.05, 3.63) is 107 Å². The maximum Gasteiger partial charge on any atom is 0.282 e. The lowest BCUT2D eigenvalue weighted by Crippen LogP contribution is -2.62. The summed E-state index contributed by atoms with van der Waals surface area (Å²) in [4.78, 5) is 55.4. The zero-order chi connectivity index (χ0) is 51.1. The molecule has 72 heavy (non-hydrogen) atoms. The van der Waals surface area contributed by atoms with Gasteiger partial charge in [-0.25, -0.2) is 0 Å². The number of carbonyl (C=O) groups is 4. The number of hydrogen-bond donors (Lipinski definition) is 2. The van der Waals surface area contributed by atoms with E-state index < -0.39 is 11.6 Å². The van der Waals surface area contributed by atoms with Crippen molar-refractivity contribution in [2.24, 2.45) is 0 Å². The maximum absolute atomic E-state index is 13.0. The first-order valence-corrected chi connectivity index (χ1v) is 27.7. The number of hydrogen-bond acceptors (Lipinski definition) is 12. The van der Waals surface area contributed by atoms with Crippen LogP contribution in [0.15, 0.2) is 96.1 Å². The van der Waals surface area contributed by atoms with Crippen molar-refractivity contribution >= 4 is 45.8 Å². The molecular formula is C56H76N4O10S2. The minimum atomic E-state index is -0.988. The molecule has 4 fully saturated rings. The minimum Gasteiger partial charge on any atom is -0.497 e. The predicted molar refractivity (Wildman–Crippen MR) is 284 cm³/mol. The number of benzene rings is 2. The van der Waals surface area contributed by atoms with Gasteiger partial charge in [-0.1, -0.05) is 83.2 Å². The number of allylic oxidation sites excluding steroid dienone is 6. The Kier molecular flexibility index (Phi) is 20.4. The first-order chi connectivity index (χ1) is 34.8. The molecule has 6 aliphatic rings. The van der Waals surface area contributed by atoms with Crippen LogP contribution in [-0.4, -0.2) is 120 Å². The Hall–Kier alpha value is -4.58. The standard InChI is InChI=1S/2C28H38N2O5S/c2*1-20-9-7-5-4-6-8-10-24-16-22(29-26(31)15-20)17-28(34-3,35-24)25-19-36-27(32)30(25)18-21-11-13-23(33-2)14-12-21/h2*4-5,11-15,22,24-25H,6-10,16-19H2,1-3H3,(H,29,31)/b5-4+,20-15-;5-4-,20-15-/t2*22-,24-,25+,28-/m11/s1. The van der Waals surface area contributed by atoms with Crippen LogP contribution < -0.4 is 20.1 Å². The summed E-state index contributed by atoms with van der Waals surface area (Å²) in [5.74, 6) is 0.599. The van der Waals surface area contributed by atoms with E-state index in [1.54, 1.807) is 40.6 Å². The third-order valence-electron chi connectivity index (χ3n) is 14.6. The van der Waals surface area contributed by atoms with Gasteiger partial charge in [-0.3, -0.25) is 19.2 Å². The summed E-state index contributed by atoms with van der Waals surface area (Å²) in [6, 6.07) is 14.8. The van der Waals surface area contributed by atoms with E-state index in [1.807, 2.05) is 72.2 Å². The number of ether oxygens (including phenoxy) is 6. The van der Waals surface area contributed by atoms with E-state index in [-0.39, 0.29) is 58.7 Å². The van der Waals surface area contributed by atoms with Crippen molar-refractivity contribution in [2.75, 3.05) is 39.9 Å². The summed E-state index contributed by atoms with van der Waals surface area (Å²) in [6.07, 6.45) is 24.0. The van der Waals surface area contributed by atoms with Crippen molar-refractivity contribution in [3.8, 4) is 11.5 Å². The fourth-order valence-electron chi connectivity index (χ4n) is 10.7. The van der Waals surface area contributed by atoms with Gasteiger partial charge >= 0.3 is 0 Å². The van der Waals surface area contributed by atoms with Crippen LogP contribution in [0.25, 0.3) is 0 Å². The molecule has 2 aromatic rings. The Labute approximate surface area is 435 Å². The molecule has 6 aliphatic heterocycles. The highest BCUT2D eigenvalue weighted by Crippen LogP contribution is 2.44.